The van der Waals surface area contributed by atoms with E-state index < -0.39 is 0 Å². The van der Waals surface area contributed by atoms with Gasteiger partial charge < -0.3 is 5.32 Å². The Morgan fingerprint density at radius 2 is 2.30 bits per heavy atom. The number of rotatable bonds is 3. The van der Waals surface area contributed by atoms with E-state index >= 15 is 0 Å². The number of carbonyl (C=O) groups excluding carboxylic acids is 1. The molecule has 1 saturated carbocycles. The summed E-state index contributed by atoms with van der Waals surface area (Å²) in [6.07, 6.45) is 2.50. The molecule has 1 N–H and O–H groups in total. The molecule has 58 valence electrons. The van der Waals surface area contributed by atoms with Crippen LogP contribution in [-0.2, 0) is 4.79 Å². The third-order valence-corrected chi connectivity index (χ3v) is 2.09. The molecule has 1 rings (SSSR count). The summed E-state index contributed by atoms with van der Waals surface area (Å²) in [6, 6.07) is 0. The Hall–Kier alpha value is -0.530. The third-order valence-electron chi connectivity index (χ3n) is 2.09. The van der Waals surface area contributed by atoms with E-state index in [0.717, 1.165) is 6.54 Å². The molecule has 1 unspecified atom stereocenters. The molecule has 0 aliphatic heterocycles. The smallest absolute Gasteiger partial charge is 0.223 e. The number of hydrogen-bond acceptors (Lipinski definition) is 1. The van der Waals surface area contributed by atoms with E-state index in [9.17, 15) is 4.79 Å². The van der Waals surface area contributed by atoms with Crippen molar-refractivity contribution in [3.63, 3.8) is 0 Å². The molecule has 1 atom stereocenters. The van der Waals surface area contributed by atoms with Crippen molar-refractivity contribution in [3.8, 4) is 0 Å². The normalized spacial score (nSPS) is 20.2. The lowest BCUT2D eigenvalue weighted by atomic mass is 10.1. The Morgan fingerprint density at radius 3 is 2.70 bits per heavy atom. The maximum atomic E-state index is 11.1. The predicted octanol–water partition coefficient (Wildman–Crippen LogP) is 1.17. The van der Waals surface area contributed by atoms with Gasteiger partial charge in [0.1, 0.15) is 0 Å². The summed E-state index contributed by atoms with van der Waals surface area (Å²) in [5, 5.41) is 2.83. The minimum atomic E-state index is 0.227. The lowest BCUT2D eigenvalue weighted by Gasteiger charge is -2.08. The zero-order valence-corrected chi connectivity index (χ0v) is 6.68. The lowest BCUT2D eigenvalue weighted by molar-refractivity contribution is -0.124. The molecule has 1 fully saturated rings. The van der Waals surface area contributed by atoms with Gasteiger partial charge >= 0.3 is 0 Å². The first-order valence-electron chi connectivity index (χ1n) is 4.03. The second kappa shape index (κ2) is 3.04. The highest BCUT2D eigenvalue weighted by atomic mass is 16.1. The Bertz CT molecular complexity index is 129. The van der Waals surface area contributed by atoms with Crippen molar-refractivity contribution >= 4 is 5.91 Å². The lowest BCUT2D eigenvalue weighted by Crippen LogP contribution is -2.29. The molecular weight excluding hydrogens is 126 g/mol. The Kier molecular flexibility index (Phi) is 2.30. The molecule has 0 saturated heterocycles. The molecule has 0 spiro atoms. The van der Waals surface area contributed by atoms with Gasteiger partial charge in [-0.1, -0.05) is 6.92 Å². The van der Waals surface area contributed by atoms with Gasteiger partial charge in [0.2, 0.25) is 5.91 Å². The topological polar surface area (TPSA) is 29.1 Å². The molecule has 0 aromatic rings. The van der Waals surface area contributed by atoms with E-state index in [0.29, 0.717) is 5.92 Å². The highest BCUT2D eigenvalue weighted by Crippen LogP contribution is 2.36. The Balaban J connectivity index is 2.24. The summed E-state index contributed by atoms with van der Waals surface area (Å²) in [4.78, 5) is 11.1. The maximum Gasteiger partial charge on any atom is 0.223 e. The highest BCUT2D eigenvalue weighted by molar-refractivity contribution is 5.78. The van der Waals surface area contributed by atoms with Crippen LogP contribution in [0.25, 0.3) is 0 Å². The summed E-state index contributed by atoms with van der Waals surface area (Å²) in [7, 11) is 0. The number of nitrogens with one attached hydrogen (secondary N) is 1. The molecule has 1 aliphatic rings. The van der Waals surface area contributed by atoms with Crippen LogP contribution in [0.4, 0.5) is 0 Å². The average Bonchev–Trinajstić information content (AvgIpc) is 2.68. The van der Waals surface area contributed by atoms with Crippen molar-refractivity contribution in [1.29, 1.82) is 0 Å². The molecule has 0 aromatic heterocycles. The highest BCUT2D eigenvalue weighted by Gasteiger charge is 2.31. The van der Waals surface area contributed by atoms with Crippen LogP contribution >= 0.6 is 0 Å². The van der Waals surface area contributed by atoms with Gasteiger partial charge in [-0.2, -0.15) is 0 Å². The minimum absolute atomic E-state index is 0.227. The summed E-state index contributed by atoms with van der Waals surface area (Å²) < 4.78 is 0. The van der Waals surface area contributed by atoms with Gasteiger partial charge in [-0.05, 0) is 25.7 Å². The van der Waals surface area contributed by atoms with E-state index in [1.54, 1.807) is 0 Å². The largest absolute Gasteiger partial charge is 0.356 e. The molecule has 2 nitrogen and oxygen atoms in total. The fraction of sp³-hybridized carbons (Fsp3) is 0.875. The van der Waals surface area contributed by atoms with Gasteiger partial charge in [-0.3, -0.25) is 4.79 Å². The first-order chi connectivity index (χ1) is 4.75. The zero-order chi connectivity index (χ0) is 7.56. The molecule has 1 aliphatic carbocycles. The summed E-state index contributed by atoms with van der Waals surface area (Å²) >= 11 is 0. The fourth-order valence-electron chi connectivity index (χ4n) is 1.15. The van der Waals surface area contributed by atoms with Gasteiger partial charge in [-0.25, -0.2) is 0 Å². The van der Waals surface area contributed by atoms with Crippen LogP contribution in [0.3, 0.4) is 0 Å². The second-order valence-electron chi connectivity index (χ2n) is 3.02. The molecule has 1 amide bonds. The molecule has 10 heavy (non-hydrogen) atoms. The quantitative estimate of drug-likeness (QED) is 0.628. The third kappa shape index (κ3) is 1.72. The van der Waals surface area contributed by atoms with Crippen molar-refractivity contribution < 1.29 is 4.79 Å². The Morgan fingerprint density at radius 1 is 1.70 bits per heavy atom. The zero-order valence-electron chi connectivity index (χ0n) is 6.68. The summed E-state index contributed by atoms with van der Waals surface area (Å²) in [6.45, 7) is 4.73. The van der Waals surface area contributed by atoms with Gasteiger partial charge in [0, 0.05) is 12.5 Å². The second-order valence-corrected chi connectivity index (χ2v) is 3.02. The minimum Gasteiger partial charge on any atom is -0.356 e. The Labute approximate surface area is 62.0 Å². The van der Waals surface area contributed by atoms with Crippen LogP contribution in [0.1, 0.15) is 26.7 Å². The standard InChI is InChI=1S/C8H15NO/c1-3-9-8(10)6(2)7-4-5-7/h6-7H,3-5H2,1-2H3,(H,9,10). The van der Waals surface area contributed by atoms with Crippen LogP contribution in [0.2, 0.25) is 0 Å². The summed E-state index contributed by atoms with van der Waals surface area (Å²) in [5.74, 6) is 1.16. The number of hydrogen-bond donors (Lipinski definition) is 1. The number of carbonyl (C=O) groups is 1. The van der Waals surface area contributed by atoms with Crippen molar-refractivity contribution in [2.75, 3.05) is 6.54 Å². The average molecular weight is 141 g/mol. The van der Waals surface area contributed by atoms with Gasteiger partial charge in [0.15, 0.2) is 0 Å². The molecule has 0 radical (unpaired) electrons. The molecule has 0 heterocycles. The van der Waals surface area contributed by atoms with Crippen LogP contribution < -0.4 is 5.32 Å². The molecule has 0 bridgehead atoms. The summed E-state index contributed by atoms with van der Waals surface area (Å²) in [5.41, 5.74) is 0. The van der Waals surface area contributed by atoms with E-state index in [-0.39, 0.29) is 11.8 Å². The van der Waals surface area contributed by atoms with Crippen molar-refractivity contribution in [2.45, 2.75) is 26.7 Å². The van der Waals surface area contributed by atoms with Gasteiger partial charge in [0.05, 0.1) is 0 Å². The SMILES string of the molecule is CCNC(=O)C(C)C1CC1. The van der Waals surface area contributed by atoms with Crippen molar-refractivity contribution in [2.24, 2.45) is 11.8 Å². The molecular formula is C8H15NO. The number of amides is 1. The van der Waals surface area contributed by atoms with Gasteiger partial charge in [0.25, 0.3) is 0 Å². The van der Waals surface area contributed by atoms with E-state index in [1.165, 1.54) is 12.8 Å². The molecule has 0 aromatic carbocycles. The van der Waals surface area contributed by atoms with Crippen LogP contribution in [0, 0.1) is 11.8 Å². The van der Waals surface area contributed by atoms with Crippen LogP contribution in [-0.4, -0.2) is 12.5 Å². The van der Waals surface area contributed by atoms with Gasteiger partial charge in [-0.15, -0.1) is 0 Å². The van der Waals surface area contributed by atoms with Crippen LogP contribution in [0.15, 0.2) is 0 Å². The monoisotopic (exact) mass is 141 g/mol. The maximum absolute atomic E-state index is 11.1. The van der Waals surface area contributed by atoms with Crippen molar-refractivity contribution in [3.05, 3.63) is 0 Å². The first-order valence-corrected chi connectivity index (χ1v) is 4.03. The van der Waals surface area contributed by atoms with Crippen molar-refractivity contribution in [1.82, 2.24) is 5.32 Å². The van der Waals surface area contributed by atoms with E-state index in [4.69, 9.17) is 0 Å². The van der Waals surface area contributed by atoms with E-state index in [1.807, 2.05) is 13.8 Å². The van der Waals surface area contributed by atoms with E-state index in [2.05, 4.69) is 5.32 Å². The first kappa shape index (κ1) is 7.58. The fourth-order valence-corrected chi connectivity index (χ4v) is 1.15. The van der Waals surface area contributed by atoms with Crippen LogP contribution in [0.5, 0.6) is 0 Å². The molecule has 2 heteroatoms. The predicted molar refractivity (Wildman–Crippen MR) is 40.6 cm³/mol.